The molecule has 0 spiro atoms. The zero-order chi connectivity index (χ0) is 8.15. The van der Waals surface area contributed by atoms with Crippen molar-refractivity contribution in [3.05, 3.63) is 0 Å². The van der Waals surface area contributed by atoms with Gasteiger partial charge in [-0.1, -0.05) is 13.8 Å². The largest absolute Gasteiger partial charge is 0.292 e. The van der Waals surface area contributed by atoms with Crippen molar-refractivity contribution in [2.45, 2.75) is 26.8 Å². The Morgan fingerprint density at radius 1 is 1.50 bits per heavy atom. The van der Waals surface area contributed by atoms with E-state index in [-0.39, 0.29) is 0 Å². The molecule has 1 atom stereocenters. The molecule has 0 aromatic rings. The summed E-state index contributed by atoms with van der Waals surface area (Å²) >= 11 is 2.99. The van der Waals surface area contributed by atoms with E-state index in [4.69, 9.17) is 5.41 Å². The SMILES string of the molecule is CC(C)C(C)N=CC(=N)Br. The Balaban J connectivity index is 3.77. The van der Waals surface area contributed by atoms with Crippen molar-refractivity contribution in [1.82, 2.24) is 0 Å². The summed E-state index contributed by atoms with van der Waals surface area (Å²) in [5.74, 6) is 0.545. The molecular weight excluding hydrogens is 192 g/mol. The number of hydrogen-bond donors (Lipinski definition) is 1. The Kier molecular flexibility index (Phi) is 4.52. The lowest BCUT2D eigenvalue weighted by Crippen LogP contribution is -2.08. The Hall–Kier alpha value is -0.180. The van der Waals surface area contributed by atoms with Crippen molar-refractivity contribution >= 4 is 26.8 Å². The molecule has 2 nitrogen and oxygen atoms in total. The van der Waals surface area contributed by atoms with Crippen LogP contribution < -0.4 is 0 Å². The molecule has 0 fully saturated rings. The van der Waals surface area contributed by atoms with Crippen LogP contribution >= 0.6 is 15.9 Å². The maximum absolute atomic E-state index is 7.00. The van der Waals surface area contributed by atoms with Crippen LogP contribution in [0.25, 0.3) is 0 Å². The predicted octanol–water partition coefficient (Wildman–Crippen LogP) is 2.47. The van der Waals surface area contributed by atoms with Crippen LogP contribution in [-0.4, -0.2) is 16.9 Å². The molecule has 0 radical (unpaired) electrons. The van der Waals surface area contributed by atoms with Gasteiger partial charge in [-0.2, -0.15) is 0 Å². The Bertz CT molecular complexity index is 141. The highest BCUT2D eigenvalue weighted by Gasteiger charge is 2.02. The first-order chi connectivity index (χ1) is 4.54. The number of rotatable bonds is 3. The van der Waals surface area contributed by atoms with E-state index in [9.17, 15) is 0 Å². The maximum Gasteiger partial charge on any atom is 0.115 e. The van der Waals surface area contributed by atoms with Crippen molar-refractivity contribution in [3.63, 3.8) is 0 Å². The monoisotopic (exact) mass is 204 g/mol. The van der Waals surface area contributed by atoms with E-state index in [0.717, 1.165) is 0 Å². The standard InChI is InChI=1S/C7H13BrN2/c1-5(2)6(3)10-4-7(8)9/h4-6,9H,1-3H3. The van der Waals surface area contributed by atoms with Crippen LogP contribution in [0.1, 0.15) is 20.8 Å². The average Bonchev–Trinajstić information content (AvgIpc) is 1.82. The lowest BCUT2D eigenvalue weighted by atomic mass is 10.1. The third-order valence-corrected chi connectivity index (χ3v) is 1.59. The molecule has 0 aliphatic carbocycles. The maximum atomic E-state index is 7.00. The number of nitrogens with zero attached hydrogens (tertiary/aromatic N) is 1. The Morgan fingerprint density at radius 3 is 2.30 bits per heavy atom. The summed E-state index contributed by atoms with van der Waals surface area (Å²) in [7, 11) is 0. The van der Waals surface area contributed by atoms with Gasteiger partial charge >= 0.3 is 0 Å². The topological polar surface area (TPSA) is 36.2 Å². The van der Waals surface area contributed by atoms with Gasteiger partial charge in [-0.05, 0) is 28.8 Å². The van der Waals surface area contributed by atoms with Crippen molar-refractivity contribution in [1.29, 1.82) is 5.41 Å². The second-order valence-corrected chi connectivity index (χ2v) is 3.47. The van der Waals surface area contributed by atoms with Crippen LogP contribution in [0.15, 0.2) is 4.99 Å². The molecule has 58 valence electrons. The molecule has 1 N–H and O–H groups in total. The van der Waals surface area contributed by atoms with Crippen LogP contribution in [0.4, 0.5) is 0 Å². The van der Waals surface area contributed by atoms with Gasteiger partial charge in [0.05, 0.1) is 6.21 Å². The third kappa shape index (κ3) is 4.68. The van der Waals surface area contributed by atoms with E-state index in [1.807, 2.05) is 6.92 Å². The van der Waals surface area contributed by atoms with E-state index >= 15 is 0 Å². The highest BCUT2D eigenvalue weighted by atomic mass is 79.9. The molecule has 0 aliphatic rings. The van der Waals surface area contributed by atoms with E-state index in [1.54, 1.807) is 0 Å². The molecule has 0 aromatic carbocycles. The van der Waals surface area contributed by atoms with Gasteiger partial charge in [0.15, 0.2) is 0 Å². The first kappa shape index (κ1) is 9.82. The minimum atomic E-state index is 0.304. The van der Waals surface area contributed by atoms with Crippen LogP contribution in [0.5, 0.6) is 0 Å². The number of aliphatic imine (C=N–C) groups is 1. The van der Waals surface area contributed by atoms with Gasteiger partial charge in [0.1, 0.15) is 4.62 Å². The molecule has 1 unspecified atom stereocenters. The van der Waals surface area contributed by atoms with Crippen molar-refractivity contribution in [2.75, 3.05) is 0 Å². The van der Waals surface area contributed by atoms with E-state index < -0.39 is 0 Å². The van der Waals surface area contributed by atoms with Gasteiger partial charge in [0.25, 0.3) is 0 Å². The summed E-state index contributed by atoms with van der Waals surface area (Å²) < 4.78 is 0.333. The molecule has 3 heteroatoms. The summed E-state index contributed by atoms with van der Waals surface area (Å²) in [6.07, 6.45) is 1.53. The Morgan fingerprint density at radius 2 is 2.00 bits per heavy atom. The summed E-state index contributed by atoms with van der Waals surface area (Å²) in [6.45, 7) is 6.26. The van der Waals surface area contributed by atoms with Gasteiger partial charge in [-0.3, -0.25) is 10.4 Å². The molecule has 0 rings (SSSR count). The minimum absolute atomic E-state index is 0.304. The zero-order valence-corrected chi connectivity index (χ0v) is 8.14. The zero-order valence-electron chi connectivity index (χ0n) is 6.56. The van der Waals surface area contributed by atoms with E-state index in [0.29, 0.717) is 16.6 Å². The van der Waals surface area contributed by atoms with E-state index in [2.05, 4.69) is 34.8 Å². The third-order valence-electron chi connectivity index (χ3n) is 1.39. The lowest BCUT2D eigenvalue weighted by Gasteiger charge is -2.08. The van der Waals surface area contributed by atoms with Crippen LogP contribution in [-0.2, 0) is 0 Å². The number of halogens is 1. The molecular formula is C7H13BrN2. The molecule has 0 bridgehead atoms. The van der Waals surface area contributed by atoms with Crippen molar-refractivity contribution < 1.29 is 0 Å². The molecule has 0 saturated heterocycles. The first-order valence-corrected chi connectivity index (χ1v) is 4.10. The molecule has 0 heterocycles. The van der Waals surface area contributed by atoms with Gasteiger partial charge in [-0.15, -0.1) is 0 Å². The van der Waals surface area contributed by atoms with Crippen LogP contribution in [0, 0.1) is 11.3 Å². The Labute approximate surface area is 70.4 Å². The van der Waals surface area contributed by atoms with Gasteiger partial charge in [0, 0.05) is 6.04 Å². The van der Waals surface area contributed by atoms with Crippen molar-refractivity contribution in [3.8, 4) is 0 Å². The van der Waals surface area contributed by atoms with Gasteiger partial charge in [0.2, 0.25) is 0 Å². The molecule has 0 amide bonds. The fourth-order valence-corrected chi connectivity index (χ4v) is 0.473. The average molecular weight is 205 g/mol. The molecule has 0 aromatic heterocycles. The highest BCUT2D eigenvalue weighted by molar-refractivity contribution is 9.19. The predicted molar refractivity (Wildman–Crippen MR) is 49.4 cm³/mol. The summed E-state index contributed by atoms with van der Waals surface area (Å²) in [4.78, 5) is 4.13. The smallest absolute Gasteiger partial charge is 0.115 e. The van der Waals surface area contributed by atoms with E-state index in [1.165, 1.54) is 6.21 Å². The second kappa shape index (κ2) is 4.61. The molecule has 10 heavy (non-hydrogen) atoms. The quantitative estimate of drug-likeness (QED) is 0.687. The van der Waals surface area contributed by atoms with Crippen LogP contribution in [0.2, 0.25) is 0 Å². The fourth-order valence-electron chi connectivity index (χ4n) is 0.355. The first-order valence-electron chi connectivity index (χ1n) is 3.31. The van der Waals surface area contributed by atoms with Gasteiger partial charge in [-0.25, -0.2) is 0 Å². The fraction of sp³-hybridized carbons (Fsp3) is 0.714. The van der Waals surface area contributed by atoms with Crippen LogP contribution in [0.3, 0.4) is 0 Å². The number of nitrogens with one attached hydrogen (secondary N) is 1. The molecule has 0 aliphatic heterocycles. The summed E-state index contributed by atoms with van der Waals surface area (Å²) in [5, 5.41) is 7.00. The number of hydrogen-bond acceptors (Lipinski definition) is 2. The minimum Gasteiger partial charge on any atom is -0.292 e. The normalized spacial score (nSPS) is 14.5. The molecule has 0 saturated carbocycles. The van der Waals surface area contributed by atoms with Crippen molar-refractivity contribution in [2.24, 2.45) is 10.9 Å². The highest BCUT2D eigenvalue weighted by Crippen LogP contribution is 2.03. The summed E-state index contributed by atoms with van der Waals surface area (Å²) in [6, 6.07) is 0.304. The lowest BCUT2D eigenvalue weighted by molar-refractivity contribution is 0.533. The van der Waals surface area contributed by atoms with Gasteiger partial charge < -0.3 is 0 Å². The summed E-state index contributed by atoms with van der Waals surface area (Å²) in [5.41, 5.74) is 0. The second-order valence-electron chi connectivity index (χ2n) is 2.61.